The smallest absolute Gasteiger partial charge is 0.335 e. The molecule has 0 heterocycles. The summed E-state index contributed by atoms with van der Waals surface area (Å²) in [5, 5.41) is 17.2. The van der Waals surface area contributed by atoms with Crippen molar-refractivity contribution in [1.29, 1.82) is 0 Å². The minimum atomic E-state index is -1.00. The minimum Gasteiger partial charge on any atom is -0.478 e. The zero-order valence-electron chi connectivity index (χ0n) is 13.6. The van der Waals surface area contributed by atoms with Crippen molar-refractivity contribution in [2.45, 2.75) is 11.6 Å². The van der Waals surface area contributed by atoms with Crippen LogP contribution in [0.1, 0.15) is 38.3 Å². The summed E-state index contributed by atoms with van der Waals surface area (Å²) >= 11 is 0. The number of carbonyl (C=O) groups is 2. The summed E-state index contributed by atoms with van der Waals surface area (Å²) in [6, 6.07) is 12.9. The molecule has 0 amide bonds. The fraction of sp³-hybridized carbons (Fsp3) is 0.100. The lowest BCUT2D eigenvalue weighted by molar-refractivity contribution is 0.0686. The van der Waals surface area contributed by atoms with Crippen LogP contribution in [0.4, 0.5) is 0 Å². The number of rotatable bonds is 5. The second kappa shape index (κ2) is 7.06. The van der Waals surface area contributed by atoms with Gasteiger partial charge in [-0.1, -0.05) is 42.5 Å². The second-order valence-electron chi connectivity index (χ2n) is 5.98. The number of carboxylic acid groups (broad SMARTS) is 2. The maximum atomic E-state index is 11.9. The molecule has 0 fully saturated rings. The van der Waals surface area contributed by atoms with Gasteiger partial charge in [0.15, 0.2) is 8.46 Å². The van der Waals surface area contributed by atoms with Gasteiger partial charge in [0.25, 0.3) is 0 Å². The molecule has 0 spiro atoms. The third kappa shape index (κ3) is 3.35. The van der Waals surface area contributed by atoms with E-state index in [1.54, 1.807) is 36.4 Å². The van der Waals surface area contributed by atoms with Gasteiger partial charge in [-0.15, -0.1) is 0 Å². The fourth-order valence-corrected chi connectivity index (χ4v) is 3.44. The van der Waals surface area contributed by atoms with Gasteiger partial charge in [-0.05, 0) is 47.4 Å². The van der Waals surface area contributed by atoms with Crippen molar-refractivity contribution in [3.8, 4) is 0 Å². The summed E-state index contributed by atoms with van der Waals surface area (Å²) in [6.07, 6.45) is 6.13. The number of aromatic carboxylic acids is 2. The normalized spacial score (nSPS) is 19.2. The van der Waals surface area contributed by atoms with Gasteiger partial charge < -0.3 is 10.2 Å². The molecule has 0 aromatic heterocycles. The summed E-state index contributed by atoms with van der Waals surface area (Å²) in [7, 11) is -0.0805. The Morgan fingerprint density at radius 2 is 1.42 bits per heavy atom. The molecule has 2 N–H and O–H groups in total. The molecule has 1 aliphatic rings. The van der Waals surface area contributed by atoms with Crippen LogP contribution < -0.4 is 0 Å². The Labute approximate surface area is 151 Å². The predicted molar refractivity (Wildman–Crippen MR) is 97.8 cm³/mol. The third-order valence-corrected chi connectivity index (χ3v) is 5.35. The topological polar surface area (TPSA) is 91.7 Å². The molecule has 1 unspecified atom stereocenters. The van der Waals surface area contributed by atoms with Crippen LogP contribution in [0.15, 0.2) is 66.8 Å². The summed E-state index contributed by atoms with van der Waals surface area (Å²) in [4.78, 5) is 21.9. The Hall–Kier alpha value is -3.04. The van der Waals surface area contributed by atoms with Crippen LogP contribution in [0.3, 0.4) is 0 Å². The highest BCUT2D eigenvalue weighted by Gasteiger charge is 2.31. The van der Waals surface area contributed by atoms with Crippen molar-refractivity contribution >= 4 is 26.0 Å². The lowest BCUT2D eigenvalue weighted by atomic mass is 9.87. The Morgan fingerprint density at radius 3 is 1.85 bits per heavy atom. The standard InChI is InChI=1S/C20H15O5P/c21-18(22)15-3-1-13(2-4-15)14-9-11-20(26-25,12-10-14)17-7-5-16(6-8-17)19(23)24/h1-11H,12H2,(H,21,22)(H,23,24). The molecule has 5 nitrogen and oxygen atoms in total. The van der Waals surface area contributed by atoms with Crippen molar-refractivity contribution < 1.29 is 24.4 Å². The summed E-state index contributed by atoms with van der Waals surface area (Å²) in [6.45, 7) is 0. The van der Waals surface area contributed by atoms with Crippen molar-refractivity contribution in [2.24, 2.45) is 0 Å². The van der Waals surface area contributed by atoms with Crippen molar-refractivity contribution in [3.05, 3.63) is 89.0 Å². The lowest BCUT2D eigenvalue weighted by Gasteiger charge is -2.26. The minimum absolute atomic E-state index is 0.0805. The van der Waals surface area contributed by atoms with Gasteiger partial charge in [-0.25, -0.2) is 9.59 Å². The van der Waals surface area contributed by atoms with Gasteiger partial charge in [0, 0.05) is 0 Å². The molecule has 1 atom stereocenters. The average Bonchev–Trinajstić information content (AvgIpc) is 2.68. The maximum Gasteiger partial charge on any atom is 0.335 e. The zero-order valence-corrected chi connectivity index (χ0v) is 14.5. The highest BCUT2D eigenvalue weighted by molar-refractivity contribution is 7.25. The van der Waals surface area contributed by atoms with Crippen LogP contribution in [0, 0.1) is 0 Å². The monoisotopic (exact) mass is 366 g/mol. The zero-order chi connectivity index (χ0) is 18.7. The molecule has 0 bridgehead atoms. The van der Waals surface area contributed by atoms with Gasteiger partial charge >= 0.3 is 11.9 Å². The van der Waals surface area contributed by atoms with E-state index in [1.165, 1.54) is 12.1 Å². The molecular formula is C20H15O5P. The van der Waals surface area contributed by atoms with Crippen molar-refractivity contribution in [1.82, 2.24) is 0 Å². The van der Waals surface area contributed by atoms with Gasteiger partial charge in [0.2, 0.25) is 0 Å². The summed E-state index contributed by atoms with van der Waals surface area (Å²) in [5.74, 6) is -1.98. The Balaban J connectivity index is 1.86. The third-order valence-electron chi connectivity index (χ3n) is 4.43. The van der Waals surface area contributed by atoms with E-state index >= 15 is 0 Å². The largest absolute Gasteiger partial charge is 0.478 e. The van der Waals surface area contributed by atoms with Gasteiger partial charge in [0.1, 0.15) is 0 Å². The van der Waals surface area contributed by atoms with Crippen molar-refractivity contribution in [3.63, 3.8) is 0 Å². The van der Waals surface area contributed by atoms with E-state index in [0.717, 1.165) is 16.7 Å². The molecule has 130 valence electrons. The summed E-state index contributed by atoms with van der Waals surface area (Å²) in [5.41, 5.74) is 2.97. The first-order chi connectivity index (χ1) is 12.4. The molecule has 1 aliphatic carbocycles. The SMILES string of the molecule is O=PC1(c2ccc(C(=O)O)cc2)C=CC(c2ccc(C(=O)O)cc2)=CC1. The number of hydrogen-bond acceptors (Lipinski definition) is 3. The quantitative estimate of drug-likeness (QED) is 0.754. The van der Waals surface area contributed by atoms with E-state index < -0.39 is 17.1 Å². The molecule has 6 heteroatoms. The Bertz CT molecular complexity index is 926. The molecule has 0 saturated heterocycles. The van der Waals surface area contributed by atoms with Gasteiger partial charge in [0.05, 0.1) is 16.3 Å². The fourth-order valence-electron chi connectivity index (χ4n) is 2.88. The number of benzene rings is 2. The van der Waals surface area contributed by atoms with E-state index in [-0.39, 0.29) is 19.6 Å². The van der Waals surface area contributed by atoms with Crippen LogP contribution >= 0.6 is 8.46 Å². The average molecular weight is 366 g/mol. The van der Waals surface area contributed by atoms with Crippen molar-refractivity contribution in [2.75, 3.05) is 0 Å². The number of hydrogen-bond donors (Lipinski definition) is 2. The molecule has 0 radical (unpaired) electrons. The number of carboxylic acids is 2. The molecule has 26 heavy (non-hydrogen) atoms. The van der Waals surface area contributed by atoms with Crippen LogP contribution in [0.5, 0.6) is 0 Å². The highest BCUT2D eigenvalue weighted by atomic mass is 31.1. The predicted octanol–water partition coefficient (Wildman–Crippen LogP) is 4.61. The highest BCUT2D eigenvalue weighted by Crippen LogP contribution is 2.44. The first-order valence-electron chi connectivity index (χ1n) is 7.87. The van der Waals surface area contributed by atoms with Crippen LogP contribution in [-0.4, -0.2) is 22.2 Å². The first-order valence-corrected chi connectivity index (χ1v) is 8.68. The maximum absolute atomic E-state index is 11.9. The first kappa shape index (κ1) is 17.8. The van der Waals surface area contributed by atoms with Gasteiger partial charge in [-0.3, -0.25) is 4.57 Å². The van der Waals surface area contributed by atoms with E-state index in [2.05, 4.69) is 0 Å². The molecule has 0 saturated carbocycles. The van der Waals surface area contributed by atoms with Gasteiger partial charge in [-0.2, -0.15) is 0 Å². The van der Waals surface area contributed by atoms with Crippen LogP contribution in [0.2, 0.25) is 0 Å². The van der Waals surface area contributed by atoms with E-state index in [0.29, 0.717) is 6.42 Å². The molecule has 3 rings (SSSR count). The molecular weight excluding hydrogens is 351 g/mol. The number of allylic oxidation sites excluding steroid dienone is 4. The molecule has 0 aliphatic heterocycles. The molecule has 2 aromatic carbocycles. The van der Waals surface area contributed by atoms with Crippen LogP contribution in [0.25, 0.3) is 5.57 Å². The Kier molecular flexibility index (Phi) is 4.83. The second-order valence-corrected chi connectivity index (χ2v) is 6.96. The van der Waals surface area contributed by atoms with Crippen LogP contribution in [-0.2, 0) is 9.72 Å². The Morgan fingerprint density at radius 1 is 0.885 bits per heavy atom. The molecule has 2 aromatic rings. The lowest BCUT2D eigenvalue weighted by Crippen LogP contribution is -2.17. The van der Waals surface area contributed by atoms with E-state index in [1.807, 2.05) is 18.2 Å². The van der Waals surface area contributed by atoms with E-state index in [9.17, 15) is 14.2 Å². The summed E-state index contributed by atoms with van der Waals surface area (Å²) < 4.78 is 11.9. The van der Waals surface area contributed by atoms with E-state index in [4.69, 9.17) is 10.2 Å².